The van der Waals surface area contributed by atoms with E-state index in [4.69, 9.17) is 5.73 Å². The van der Waals surface area contributed by atoms with Crippen molar-refractivity contribution in [3.05, 3.63) is 29.8 Å². The van der Waals surface area contributed by atoms with Gasteiger partial charge in [0, 0.05) is 24.3 Å². The lowest BCUT2D eigenvalue weighted by molar-refractivity contribution is 0.0724. The van der Waals surface area contributed by atoms with Crippen molar-refractivity contribution < 1.29 is 4.79 Å². The van der Waals surface area contributed by atoms with Gasteiger partial charge in [-0.25, -0.2) is 0 Å². The number of rotatable bonds is 1. The number of likely N-dealkylation sites (tertiary alicyclic amines) is 1. The molecule has 0 unspecified atom stereocenters. The molecule has 1 aliphatic heterocycles. The maximum atomic E-state index is 12.0. The van der Waals surface area contributed by atoms with Gasteiger partial charge in [-0.15, -0.1) is 0 Å². The van der Waals surface area contributed by atoms with Crippen molar-refractivity contribution in [2.75, 3.05) is 18.8 Å². The van der Waals surface area contributed by atoms with E-state index in [2.05, 4.69) is 0 Å². The van der Waals surface area contributed by atoms with Crippen molar-refractivity contribution in [1.82, 2.24) is 4.90 Å². The lowest BCUT2D eigenvalue weighted by atomic mass is 10.1. The van der Waals surface area contributed by atoms with Crippen LogP contribution < -0.4 is 5.73 Å². The summed E-state index contributed by atoms with van der Waals surface area (Å²) in [5.74, 6) is 0.113. The van der Waals surface area contributed by atoms with Crippen LogP contribution in [0, 0.1) is 0 Å². The minimum absolute atomic E-state index is 0.113. The molecule has 80 valence electrons. The average molecular weight is 204 g/mol. The van der Waals surface area contributed by atoms with E-state index in [1.165, 1.54) is 6.42 Å². The Kier molecular flexibility index (Phi) is 2.90. The van der Waals surface area contributed by atoms with Gasteiger partial charge in [-0.3, -0.25) is 4.79 Å². The molecule has 1 fully saturated rings. The molecule has 1 amide bonds. The Hall–Kier alpha value is -1.51. The van der Waals surface area contributed by atoms with Gasteiger partial charge < -0.3 is 10.6 Å². The van der Waals surface area contributed by atoms with Gasteiger partial charge in [0.05, 0.1) is 0 Å². The van der Waals surface area contributed by atoms with E-state index in [9.17, 15) is 4.79 Å². The Bertz CT molecular complexity index is 356. The highest BCUT2D eigenvalue weighted by Crippen LogP contribution is 2.14. The number of hydrogen-bond acceptors (Lipinski definition) is 2. The predicted molar refractivity (Wildman–Crippen MR) is 60.6 cm³/mol. The molecular formula is C12H16N2O. The number of piperidine rings is 1. The van der Waals surface area contributed by atoms with Crippen molar-refractivity contribution >= 4 is 11.6 Å². The Morgan fingerprint density at radius 2 is 1.93 bits per heavy atom. The zero-order valence-corrected chi connectivity index (χ0v) is 8.78. The highest BCUT2D eigenvalue weighted by molar-refractivity contribution is 5.95. The summed E-state index contributed by atoms with van der Waals surface area (Å²) in [5, 5.41) is 0. The van der Waals surface area contributed by atoms with Gasteiger partial charge in [0.2, 0.25) is 0 Å². The first-order chi connectivity index (χ1) is 7.27. The van der Waals surface area contributed by atoms with Gasteiger partial charge in [0.15, 0.2) is 0 Å². The minimum Gasteiger partial charge on any atom is -0.399 e. The largest absolute Gasteiger partial charge is 0.399 e. The Balaban J connectivity index is 2.12. The van der Waals surface area contributed by atoms with Crippen molar-refractivity contribution in [3.63, 3.8) is 0 Å². The lowest BCUT2D eigenvalue weighted by Crippen LogP contribution is -2.35. The molecule has 1 aromatic carbocycles. The molecule has 1 aliphatic rings. The lowest BCUT2D eigenvalue weighted by Gasteiger charge is -2.26. The topological polar surface area (TPSA) is 46.3 Å². The molecule has 0 bridgehead atoms. The molecule has 0 aromatic heterocycles. The third kappa shape index (κ3) is 2.29. The second-order valence-electron chi connectivity index (χ2n) is 3.98. The summed E-state index contributed by atoms with van der Waals surface area (Å²) in [6.07, 6.45) is 3.48. The molecule has 0 saturated carbocycles. The van der Waals surface area contributed by atoms with Crippen molar-refractivity contribution in [2.24, 2.45) is 0 Å². The van der Waals surface area contributed by atoms with Crippen molar-refractivity contribution in [2.45, 2.75) is 19.3 Å². The summed E-state index contributed by atoms with van der Waals surface area (Å²) in [7, 11) is 0. The smallest absolute Gasteiger partial charge is 0.253 e. The van der Waals surface area contributed by atoms with Gasteiger partial charge in [-0.1, -0.05) is 6.07 Å². The predicted octanol–water partition coefficient (Wildman–Crippen LogP) is 1.89. The summed E-state index contributed by atoms with van der Waals surface area (Å²) in [6, 6.07) is 7.20. The highest BCUT2D eigenvalue weighted by atomic mass is 16.2. The first-order valence-electron chi connectivity index (χ1n) is 5.42. The standard InChI is InChI=1S/C12H16N2O/c13-11-6-4-5-10(9-11)12(15)14-7-2-1-3-8-14/h4-6,9H,1-3,7-8,13H2. The molecule has 3 nitrogen and oxygen atoms in total. The maximum absolute atomic E-state index is 12.0. The third-order valence-electron chi connectivity index (χ3n) is 2.78. The molecule has 0 atom stereocenters. The zero-order chi connectivity index (χ0) is 10.7. The Morgan fingerprint density at radius 3 is 2.60 bits per heavy atom. The summed E-state index contributed by atoms with van der Waals surface area (Å²) >= 11 is 0. The SMILES string of the molecule is Nc1cccc(C(=O)N2CCCCC2)c1. The van der Waals surface area contributed by atoms with Crippen LogP contribution in [-0.4, -0.2) is 23.9 Å². The van der Waals surface area contributed by atoms with Crippen LogP contribution in [0.15, 0.2) is 24.3 Å². The molecule has 0 aliphatic carbocycles. The Labute approximate surface area is 89.9 Å². The molecule has 0 radical (unpaired) electrons. The summed E-state index contributed by atoms with van der Waals surface area (Å²) in [4.78, 5) is 13.9. The number of nitrogen functional groups attached to an aromatic ring is 1. The molecule has 2 rings (SSSR count). The fourth-order valence-corrected chi connectivity index (χ4v) is 1.95. The minimum atomic E-state index is 0.113. The first kappa shape index (κ1) is 10.0. The van der Waals surface area contributed by atoms with E-state index in [1.807, 2.05) is 17.0 Å². The molecule has 2 N–H and O–H groups in total. The number of anilines is 1. The van der Waals surface area contributed by atoms with Gasteiger partial charge >= 0.3 is 0 Å². The van der Waals surface area contributed by atoms with E-state index >= 15 is 0 Å². The number of nitrogens with zero attached hydrogens (tertiary/aromatic N) is 1. The molecule has 1 aromatic rings. The first-order valence-corrected chi connectivity index (χ1v) is 5.42. The monoisotopic (exact) mass is 204 g/mol. The van der Waals surface area contributed by atoms with Gasteiger partial charge in [0.1, 0.15) is 0 Å². The van der Waals surface area contributed by atoms with E-state index < -0.39 is 0 Å². The molecule has 1 heterocycles. The number of carbonyl (C=O) groups is 1. The number of benzene rings is 1. The van der Waals surface area contributed by atoms with Crippen LogP contribution in [0.1, 0.15) is 29.6 Å². The molecule has 1 saturated heterocycles. The summed E-state index contributed by atoms with van der Waals surface area (Å²) < 4.78 is 0. The molecule has 15 heavy (non-hydrogen) atoms. The third-order valence-corrected chi connectivity index (χ3v) is 2.78. The van der Waals surface area contributed by atoms with Gasteiger partial charge in [-0.05, 0) is 37.5 Å². The van der Waals surface area contributed by atoms with Crippen LogP contribution in [0.2, 0.25) is 0 Å². The highest BCUT2D eigenvalue weighted by Gasteiger charge is 2.17. The zero-order valence-electron chi connectivity index (χ0n) is 8.78. The molecule has 0 spiro atoms. The number of amides is 1. The second kappa shape index (κ2) is 4.34. The van der Waals surface area contributed by atoms with E-state index in [-0.39, 0.29) is 5.91 Å². The Morgan fingerprint density at radius 1 is 1.20 bits per heavy atom. The van der Waals surface area contributed by atoms with Gasteiger partial charge in [-0.2, -0.15) is 0 Å². The van der Waals surface area contributed by atoms with Crippen molar-refractivity contribution in [1.29, 1.82) is 0 Å². The quantitative estimate of drug-likeness (QED) is 0.710. The fourth-order valence-electron chi connectivity index (χ4n) is 1.95. The molecular weight excluding hydrogens is 188 g/mol. The van der Waals surface area contributed by atoms with Crippen LogP contribution in [0.25, 0.3) is 0 Å². The van der Waals surface area contributed by atoms with Crippen LogP contribution >= 0.6 is 0 Å². The normalized spacial score (nSPS) is 16.4. The van der Waals surface area contributed by atoms with Crippen LogP contribution in [0.4, 0.5) is 5.69 Å². The summed E-state index contributed by atoms with van der Waals surface area (Å²) in [5.41, 5.74) is 7.01. The van der Waals surface area contributed by atoms with Crippen LogP contribution in [-0.2, 0) is 0 Å². The number of nitrogens with two attached hydrogens (primary N) is 1. The molecule has 3 heteroatoms. The van der Waals surface area contributed by atoms with E-state index in [0.29, 0.717) is 11.3 Å². The van der Waals surface area contributed by atoms with Crippen LogP contribution in [0.3, 0.4) is 0 Å². The van der Waals surface area contributed by atoms with Crippen LogP contribution in [0.5, 0.6) is 0 Å². The van der Waals surface area contributed by atoms with E-state index in [1.54, 1.807) is 12.1 Å². The average Bonchev–Trinajstić information content (AvgIpc) is 2.29. The fraction of sp³-hybridized carbons (Fsp3) is 0.417. The summed E-state index contributed by atoms with van der Waals surface area (Å²) in [6.45, 7) is 1.77. The van der Waals surface area contributed by atoms with Crippen molar-refractivity contribution in [3.8, 4) is 0 Å². The maximum Gasteiger partial charge on any atom is 0.253 e. The van der Waals surface area contributed by atoms with Gasteiger partial charge in [0.25, 0.3) is 5.91 Å². The number of carbonyl (C=O) groups excluding carboxylic acids is 1. The van der Waals surface area contributed by atoms with E-state index in [0.717, 1.165) is 25.9 Å². The second-order valence-corrected chi connectivity index (χ2v) is 3.98. The number of hydrogen-bond donors (Lipinski definition) is 1.